The van der Waals surface area contributed by atoms with Gasteiger partial charge in [-0.3, -0.25) is 13.7 Å². The summed E-state index contributed by atoms with van der Waals surface area (Å²) in [4.78, 5) is 25.3. The fraction of sp³-hybridized carbons (Fsp3) is 0.692. The highest BCUT2D eigenvalue weighted by atomic mass is 16.7. The Kier molecular flexibility index (Phi) is 4.52. The lowest BCUT2D eigenvalue weighted by Gasteiger charge is -2.31. The fourth-order valence-electron chi connectivity index (χ4n) is 2.76. The highest BCUT2D eigenvalue weighted by Crippen LogP contribution is 2.18. The summed E-state index contributed by atoms with van der Waals surface area (Å²) in [6, 6.07) is 0. The van der Waals surface area contributed by atoms with E-state index < -0.39 is 11.3 Å². The number of piperidine rings is 1. The van der Waals surface area contributed by atoms with E-state index in [1.165, 1.54) is 0 Å². The van der Waals surface area contributed by atoms with Crippen LogP contribution in [0.25, 0.3) is 0 Å². The summed E-state index contributed by atoms with van der Waals surface area (Å²) in [7, 11) is 0. The van der Waals surface area contributed by atoms with Crippen LogP contribution in [0.2, 0.25) is 0 Å². The van der Waals surface area contributed by atoms with Gasteiger partial charge in [0, 0.05) is 12.7 Å². The molecule has 0 radical (unpaired) electrons. The molecule has 9 heteroatoms. The van der Waals surface area contributed by atoms with Crippen LogP contribution in [0.1, 0.15) is 19.3 Å². The van der Waals surface area contributed by atoms with Gasteiger partial charge in [0.15, 0.2) is 0 Å². The molecule has 0 spiro atoms. The number of hydrogen-bond acceptors (Lipinski definition) is 7. The van der Waals surface area contributed by atoms with Crippen LogP contribution in [0.3, 0.4) is 0 Å². The molecule has 0 aliphatic carbocycles. The topological polar surface area (TPSA) is 99.3 Å². The molecule has 0 bridgehead atoms. The van der Waals surface area contributed by atoms with Crippen molar-refractivity contribution in [3.05, 3.63) is 33.2 Å². The van der Waals surface area contributed by atoms with Crippen molar-refractivity contribution in [3.63, 3.8) is 0 Å². The smallest absolute Gasteiger partial charge is 0.303 e. The van der Waals surface area contributed by atoms with Gasteiger partial charge in [-0.25, -0.2) is 9.59 Å². The Labute approximate surface area is 126 Å². The summed E-state index contributed by atoms with van der Waals surface area (Å²) < 4.78 is 11.2. The summed E-state index contributed by atoms with van der Waals surface area (Å²) >= 11 is 0. The first-order chi connectivity index (χ1) is 10.7. The Hall–Kier alpha value is -2.16. The third-order valence-corrected chi connectivity index (χ3v) is 3.98. The van der Waals surface area contributed by atoms with E-state index >= 15 is 0 Å². The Morgan fingerprint density at radius 2 is 1.86 bits per heavy atom. The molecular formula is C13H19N5O4. The molecule has 120 valence electrons. The summed E-state index contributed by atoms with van der Waals surface area (Å²) in [6.45, 7) is 4.35. The van der Waals surface area contributed by atoms with Crippen LogP contribution in [0, 0.1) is 5.92 Å². The minimum absolute atomic E-state index is 0.366. The van der Waals surface area contributed by atoms with Gasteiger partial charge in [-0.1, -0.05) is 10.1 Å². The lowest BCUT2D eigenvalue weighted by atomic mass is 9.97. The molecule has 0 atom stereocenters. The van der Waals surface area contributed by atoms with Crippen molar-refractivity contribution in [2.75, 3.05) is 19.6 Å². The van der Waals surface area contributed by atoms with Crippen molar-refractivity contribution in [1.82, 2.24) is 24.8 Å². The van der Waals surface area contributed by atoms with Gasteiger partial charge in [-0.15, -0.1) is 5.10 Å². The average Bonchev–Trinajstić information content (AvgIpc) is 3.12. The maximum atomic E-state index is 10.9. The first-order valence-electron chi connectivity index (χ1n) is 7.49. The van der Waals surface area contributed by atoms with E-state index in [0.717, 1.165) is 50.4 Å². The zero-order valence-electron chi connectivity index (χ0n) is 12.3. The maximum Gasteiger partial charge on any atom is 0.446 e. The van der Waals surface area contributed by atoms with Crippen molar-refractivity contribution < 1.29 is 9.05 Å². The third-order valence-electron chi connectivity index (χ3n) is 3.98. The molecule has 0 N–H and O–H groups in total. The molecule has 3 rings (SSSR count). The molecule has 1 aliphatic rings. The van der Waals surface area contributed by atoms with E-state index in [9.17, 15) is 9.59 Å². The molecule has 3 heterocycles. The van der Waals surface area contributed by atoms with Crippen LogP contribution in [0.5, 0.6) is 0 Å². The Balaban J connectivity index is 1.38. The number of likely N-dealkylation sites (tertiary alicyclic amines) is 1. The van der Waals surface area contributed by atoms with Gasteiger partial charge in [0.05, 0.1) is 12.7 Å². The zero-order chi connectivity index (χ0) is 15.4. The van der Waals surface area contributed by atoms with E-state index in [1.54, 1.807) is 6.20 Å². The van der Waals surface area contributed by atoms with Crippen molar-refractivity contribution in [2.45, 2.75) is 32.4 Å². The number of aryl methyl sites for hydroxylation is 1. The molecule has 0 aromatic carbocycles. The highest BCUT2D eigenvalue weighted by molar-refractivity contribution is 4.72. The normalized spacial score (nSPS) is 17.1. The molecule has 0 saturated carbocycles. The Morgan fingerprint density at radius 1 is 1.14 bits per heavy atom. The highest BCUT2D eigenvalue weighted by Gasteiger charge is 2.21. The van der Waals surface area contributed by atoms with Crippen LogP contribution >= 0.6 is 0 Å². The second kappa shape index (κ2) is 6.73. The van der Waals surface area contributed by atoms with E-state index in [4.69, 9.17) is 9.05 Å². The van der Waals surface area contributed by atoms with Gasteiger partial charge >= 0.3 is 11.3 Å². The second-order valence-electron chi connectivity index (χ2n) is 5.58. The Bertz CT molecular complexity index is 650. The summed E-state index contributed by atoms with van der Waals surface area (Å²) in [6.07, 6.45) is 6.58. The molecule has 1 fully saturated rings. The first-order valence-corrected chi connectivity index (χ1v) is 7.49. The lowest BCUT2D eigenvalue weighted by Crippen LogP contribution is -2.35. The largest absolute Gasteiger partial charge is 0.446 e. The van der Waals surface area contributed by atoms with E-state index in [-0.39, 0.29) is 0 Å². The van der Waals surface area contributed by atoms with Crippen molar-refractivity contribution in [2.24, 2.45) is 5.92 Å². The zero-order valence-corrected chi connectivity index (χ0v) is 12.3. The van der Waals surface area contributed by atoms with E-state index in [0.29, 0.717) is 12.5 Å². The van der Waals surface area contributed by atoms with Gasteiger partial charge in [0.2, 0.25) is 0 Å². The van der Waals surface area contributed by atoms with Gasteiger partial charge in [0.25, 0.3) is 0 Å². The van der Waals surface area contributed by atoms with Crippen molar-refractivity contribution >= 4 is 0 Å². The van der Waals surface area contributed by atoms with Crippen LogP contribution in [-0.4, -0.2) is 44.4 Å². The SMILES string of the molecule is O=c1on(CC2CCN(CCCn3ccnn3)CC2)oc1=O. The minimum atomic E-state index is -0.939. The number of hydrogen-bond donors (Lipinski definition) is 0. The standard InChI is InChI=1S/C13H19N5O4/c19-12-13(20)22-18(21-12)10-11-2-7-16(8-3-11)5-1-6-17-9-4-14-15-17/h4,9,11H,1-3,5-8,10H2. The minimum Gasteiger partial charge on any atom is -0.303 e. The number of rotatable bonds is 6. The average molecular weight is 309 g/mol. The molecule has 22 heavy (non-hydrogen) atoms. The second-order valence-corrected chi connectivity index (χ2v) is 5.58. The molecule has 0 amide bonds. The number of nitrogens with zero attached hydrogens (tertiary/aromatic N) is 5. The lowest BCUT2D eigenvalue weighted by molar-refractivity contribution is 0.0388. The van der Waals surface area contributed by atoms with Crippen LogP contribution in [-0.2, 0) is 13.1 Å². The predicted octanol–water partition coefficient (Wildman–Crippen LogP) is -0.212. The van der Waals surface area contributed by atoms with Crippen molar-refractivity contribution in [3.8, 4) is 0 Å². The molecule has 0 unspecified atom stereocenters. The quantitative estimate of drug-likeness (QED) is 0.681. The first kappa shape index (κ1) is 14.8. The Morgan fingerprint density at radius 3 is 2.50 bits per heavy atom. The van der Waals surface area contributed by atoms with Gasteiger partial charge in [-0.05, 0) is 44.8 Å². The van der Waals surface area contributed by atoms with Crippen LogP contribution in [0.4, 0.5) is 0 Å². The van der Waals surface area contributed by atoms with Gasteiger partial charge in [-0.2, -0.15) is 0 Å². The van der Waals surface area contributed by atoms with E-state index in [2.05, 4.69) is 15.2 Å². The molecule has 2 aromatic heterocycles. The maximum absolute atomic E-state index is 10.9. The summed E-state index contributed by atoms with van der Waals surface area (Å²) in [5.41, 5.74) is -1.88. The number of aromatic nitrogens is 4. The fourth-order valence-corrected chi connectivity index (χ4v) is 2.76. The summed E-state index contributed by atoms with van der Waals surface area (Å²) in [5, 5.41) is 7.72. The predicted molar refractivity (Wildman–Crippen MR) is 75.3 cm³/mol. The molecular weight excluding hydrogens is 290 g/mol. The monoisotopic (exact) mass is 309 g/mol. The molecule has 1 aliphatic heterocycles. The molecule has 1 saturated heterocycles. The summed E-state index contributed by atoms with van der Waals surface area (Å²) in [5.74, 6) is 0.366. The van der Waals surface area contributed by atoms with Crippen LogP contribution < -0.4 is 11.3 Å². The van der Waals surface area contributed by atoms with E-state index in [1.807, 2.05) is 10.9 Å². The van der Waals surface area contributed by atoms with Gasteiger partial charge in [0.1, 0.15) is 0 Å². The molecule has 2 aromatic rings. The van der Waals surface area contributed by atoms with Crippen LogP contribution in [0.15, 0.2) is 31.0 Å². The molecule has 9 nitrogen and oxygen atoms in total. The van der Waals surface area contributed by atoms with Gasteiger partial charge < -0.3 is 4.90 Å². The third kappa shape index (κ3) is 3.73. The van der Waals surface area contributed by atoms with Crippen molar-refractivity contribution in [1.29, 1.82) is 0 Å².